The maximum absolute atomic E-state index is 12.4. The molecule has 0 aliphatic rings. The van der Waals surface area contributed by atoms with Gasteiger partial charge in [-0.15, -0.1) is 0 Å². The normalized spacial score (nSPS) is 11.8. The standard InChI is InChI=1S/C37H69N3O4.C18H36O2/c1-7-10-12-14-17-21-26-32(9-3)44-33(41)27-22-18-16-20-24-30-40(29-23-19-15-13-11-8-2)31-25-28-39(6)35-34(38(4)5)36(42)37(35)43;1-3-5-7-9-11-13-15-18(20-17-19)16-14-12-10-8-6-4-2/h32H,7-31H2,1-6H3;17-18H,3-16H2,1-2H3. The first-order valence-corrected chi connectivity index (χ1v) is 27.3. The first-order chi connectivity index (χ1) is 31.1. The topological polar surface area (TPSA) is 96.5 Å². The van der Waals surface area contributed by atoms with Crippen LogP contribution in [0.5, 0.6) is 0 Å². The lowest BCUT2D eigenvalue weighted by Crippen LogP contribution is -2.44. The van der Waals surface area contributed by atoms with E-state index in [1.807, 2.05) is 26.0 Å². The van der Waals surface area contributed by atoms with E-state index < -0.39 is 0 Å². The minimum atomic E-state index is -0.368. The Hall–Kier alpha value is -2.42. The second kappa shape index (κ2) is 44.4. The van der Waals surface area contributed by atoms with Crippen LogP contribution in [-0.2, 0) is 19.1 Å². The van der Waals surface area contributed by atoms with E-state index in [1.54, 1.807) is 4.90 Å². The van der Waals surface area contributed by atoms with Crippen molar-refractivity contribution in [1.82, 2.24) is 4.90 Å². The summed E-state index contributed by atoms with van der Waals surface area (Å²) in [4.78, 5) is 53.4. The SMILES string of the molecule is CCCCCCCCC(CC)OC(=O)CCCCCCCN(CCCCCCCC)CCCN(C)c1c(N(C)C)c(=O)c1=O.CCCCCCCCC(CCCCCCCC)OC=O. The molecular formula is C55H105N3O6. The van der Waals surface area contributed by atoms with Crippen molar-refractivity contribution in [1.29, 1.82) is 0 Å². The van der Waals surface area contributed by atoms with Crippen LogP contribution in [0.2, 0.25) is 0 Å². The zero-order valence-electron chi connectivity index (χ0n) is 43.6. The minimum Gasteiger partial charge on any atom is -0.465 e. The van der Waals surface area contributed by atoms with E-state index in [0.29, 0.717) is 24.3 Å². The zero-order chi connectivity index (χ0) is 47.5. The lowest BCUT2D eigenvalue weighted by atomic mass is 10.0. The molecular weight excluding hydrogens is 799 g/mol. The number of carbonyl (C=O) groups is 2. The molecule has 0 spiro atoms. The first kappa shape index (κ1) is 61.6. The van der Waals surface area contributed by atoms with Crippen LogP contribution in [0, 0.1) is 0 Å². The molecule has 0 aromatic heterocycles. The number of anilines is 2. The molecule has 64 heavy (non-hydrogen) atoms. The van der Waals surface area contributed by atoms with E-state index >= 15 is 0 Å². The van der Waals surface area contributed by atoms with Crippen molar-refractivity contribution in [2.75, 3.05) is 57.1 Å². The number of esters is 1. The molecule has 0 fully saturated rings. The smallest absolute Gasteiger partial charge is 0.306 e. The molecule has 0 bridgehead atoms. The van der Waals surface area contributed by atoms with Gasteiger partial charge in [-0.05, 0) is 90.3 Å². The summed E-state index contributed by atoms with van der Waals surface area (Å²) in [5, 5.41) is 0. The number of ether oxygens (including phenoxy) is 2. The Morgan fingerprint density at radius 2 is 0.844 bits per heavy atom. The Kier molecular flexibility index (Phi) is 42.7. The fourth-order valence-corrected chi connectivity index (χ4v) is 8.77. The summed E-state index contributed by atoms with van der Waals surface area (Å²) in [6, 6.07) is 0. The van der Waals surface area contributed by atoms with Gasteiger partial charge in [-0.3, -0.25) is 19.2 Å². The molecule has 0 radical (unpaired) electrons. The number of nitrogens with zero attached hydrogens (tertiary/aromatic N) is 3. The van der Waals surface area contributed by atoms with Crippen LogP contribution in [0.1, 0.15) is 259 Å². The van der Waals surface area contributed by atoms with E-state index in [1.165, 1.54) is 161 Å². The third kappa shape index (κ3) is 33.1. The zero-order valence-corrected chi connectivity index (χ0v) is 43.6. The molecule has 1 atom stereocenters. The molecule has 0 N–H and O–H groups in total. The molecule has 9 heteroatoms. The van der Waals surface area contributed by atoms with Crippen LogP contribution in [0.3, 0.4) is 0 Å². The number of unbranched alkanes of at least 4 members (excludes halogenated alkanes) is 24. The lowest BCUT2D eigenvalue weighted by molar-refractivity contribution is -0.149. The molecule has 9 nitrogen and oxygen atoms in total. The molecule has 0 saturated heterocycles. The van der Waals surface area contributed by atoms with Crippen LogP contribution in [0.15, 0.2) is 9.59 Å². The summed E-state index contributed by atoms with van der Waals surface area (Å²) in [6.45, 7) is 15.8. The predicted octanol–water partition coefficient (Wildman–Crippen LogP) is 14.3. The van der Waals surface area contributed by atoms with Gasteiger partial charge in [0.1, 0.15) is 23.6 Å². The highest BCUT2D eigenvalue weighted by atomic mass is 16.5. The highest BCUT2D eigenvalue weighted by Crippen LogP contribution is 2.22. The number of carbonyl (C=O) groups excluding carboxylic acids is 2. The average molecular weight is 904 g/mol. The van der Waals surface area contributed by atoms with Gasteiger partial charge in [-0.2, -0.15) is 0 Å². The van der Waals surface area contributed by atoms with Crippen LogP contribution < -0.4 is 20.7 Å². The molecule has 1 aromatic carbocycles. The van der Waals surface area contributed by atoms with E-state index in [-0.39, 0.29) is 29.0 Å². The number of rotatable bonds is 46. The fraction of sp³-hybridized carbons (Fsp3) is 0.891. The quantitative estimate of drug-likeness (QED) is 0.0274. The van der Waals surface area contributed by atoms with Crippen LogP contribution in [0.25, 0.3) is 0 Å². The van der Waals surface area contributed by atoms with E-state index in [4.69, 9.17) is 9.47 Å². The summed E-state index contributed by atoms with van der Waals surface area (Å²) in [5.41, 5.74) is 0.376. The highest BCUT2D eigenvalue weighted by molar-refractivity contribution is 5.75. The fourth-order valence-electron chi connectivity index (χ4n) is 8.77. The summed E-state index contributed by atoms with van der Waals surface area (Å²) in [6.07, 6.45) is 42.5. The van der Waals surface area contributed by atoms with Crippen molar-refractivity contribution in [2.24, 2.45) is 0 Å². The predicted molar refractivity (Wildman–Crippen MR) is 276 cm³/mol. The Morgan fingerprint density at radius 1 is 0.469 bits per heavy atom. The molecule has 0 heterocycles. The molecule has 0 aliphatic heterocycles. The van der Waals surface area contributed by atoms with Gasteiger partial charge < -0.3 is 24.2 Å². The van der Waals surface area contributed by atoms with Gasteiger partial charge in [-0.1, -0.05) is 182 Å². The Morgan fingerprint density at radius 3 is 1.27 bits per heavy atom. The van der Waals surface area contributed by atoms with Gasteiger partial charge in [0.15, 0.2) is 0 Å². The summed E-state index contributed by atoms with van der Waals surface area (Å²) in [5.74, 6) is -0.0145. The van der Waals surface area contributed by atoms with Crippen molar-refractivity contribution in [2.45, 2.75) is 272 Å². The Balaban J connectivity index is 0.00000166. The molecule has 0 amide bonds. The second-order valence-corrected chi connectivity index (χ2v) is 19.2. The molecule has 376 valence electrons. The summed E-state index contributed by atoms with van der Waals surface area (Å²) < 4.78 is 11.0. The summed E-state index contributed by atoms with van der Waals surface area (Å²) in [7, 11) is 5.57. The largest absolute Gasteiger partial charge is 0.465 e. The van der Waals surface area contributed by atoms with Crippen LogP contribution >= 0.6 is 0 Å². The molecule has 0 saturated carbocycles. The van der Waals surface area contributed by atoms with Crippen molar-refractivity contribution >= 4 is 23.8 Å². The van der Waals surface area contributed by atoms with Gasteiger partial charge in [0.2, 0.25) is 0 Å². The van der Waals surface area contributed by atoms with Gasteiger partial charge in [0, 0.05) is 34.1 Å². The second-order valence-electron chi connectivity index (χ2n) is 19.2. The van der Waals surface area contributed by atoms with Crippen LogP contribution in [0.4, 0.5) is 11.4 Å². The number of hydrogen-bond donors (Lipinski definition) is 0. The maximum atomic E-state index is 12.4. The maximum Gasteiger partial charge on any atom is 0.306 e. The van der Waals surface area contributed by atoms with Crippen molar-refractivity contribution < 1.29 is 19.1 Å². The Labute approximate surface area is 395 Å². The van der Waals surface area contributed by atoms with Crippen molar-refractivity contribution in [3.63, 3.8) is 0 Å². The van der Waals surface area contributed by atoms with E-state index in [2.05, 4.69) is 39.5 Å². The van der Waals surface area contributed by atoms with E-state index in [0.717, 1.165) is 84.0 Å². The first-order valence-electron chi connectivity index (χ1n) is 27.3. The lowest BCUT2D eigenvalue weighted by Gasteiger charge is -2.28. The monoisotopic (exact) mass is 904 g/mol. The number of hydrogen-bond acceptors (Lipinski definition) is 9. The third-order valence-corrected chi connectivity index (χ3v) is 13.0. The van der Waals surface area contributed by atoms with Gasteiger partial charge >= 0.3 is 5.97 Å². The summed E-state index contributed by atoms with van der Waals surface area (Å²) >= 11 is 0. The van der Waals surface area contributed by atoms with Gasteiger partial charge in [0.05, 0.1) is 0 Å². The Bertz CT molecular complexity index is 1250. The van der Waals surface area contributed by atoms with Crippen molar-refractivity contribution in [3.05, 3.63) is 20.4 Å². The van der Waals surface area contributed by atoms with Gasteiger partial charge in [0.25, 0.3) is 17.3 Å². The average Bonchev–Trinajstić information content (AvgIpc) is 3.28. The molecule has 1 aromatic rings. The molecule has 0 aliphatic carbocycles. The third-order valence-electron chi connectivity index (χ3n) is 13.0. The van der Waals surface area contributed by atoms with Crippen molar-refractivity contribution in [3.8, 4) is 0 Å². The van der Waals surface area contributed by atoms with E-state index in [9.17, 15) is 19.2 Å². The minimum absolute atomic E-state index is 0.0145. The molecule has 1 rings (SSSR count). The van der Waals surface area contributed by atoms with Crippen LogP contribution in [-0.4, -0.2) is 76.9 Å². The van der Waals surface area contributed by atoms with Gasteiger partial charge in [-0.25, -0.2) is 0 Å². The molecule has 1 unspecified atom stereocenters. The highest BCUT2D eigenvalue weighted by Gasteiger charge is 2.25.